The van der Waals surface area contributed by atoms with Crippen LogP contribution < -0.4 is 10.2 Å². The molecule has 1 rings (SSSR count). The van der Waals surface area contributed by atoms with Gasteiger partial charge in [0.1, 0.15) is 5.82 Å². The topological polar surface area (TPSA) is 15.3 Å². The summed E-state index contributed by atoms with van der Waals surface area (Å²) in [6, 6.07) is 7.35. The van der Waals surface area contributed by atoms with Crippen LogP contribution in [0.4, 0.5) is 10.1 Å². The highest BCUT2D eigenvalue weighted by Gasteiger charge is 2.17. The zero-order valence-corrected chi connectivity index (χ0v) is 11.0. The Kier molecular flexibility index (Phi) is 5.98. The number of benzene rings is 1. The summed E-state index contributed by atoms with van der Waals surface area (Å²) in [5, 5.41) is 3.34. The van der Waals surface area contributed by atoms with Crippen molar-refractivity contribution in [1.82, 2.24) is 5.32 Å². The Morgan fingerprint density at radius 3 is 2.47 bits per heavy atom. The van der Waals surface area contributed by atoms with Crippen LogP contribution in [0.1, 0.15) is 27.2 Å². The second-order valence-corrected chi connectivity index (χ2v) is 4.11. The van der Waals surface area contributed by atoms with Crippen LogP contribution in [0.2, 0.25) is 0 Å². The molecular formula is C14H23FN2. The lowest BCUT2D eigenvalue weighted by Gasteiger charge is -2.32. The normalized spacial score (nSPS) is 12.5. The quantitative estimate of drug-likeness (QED) is 0.785. The Balaban J connectivity index is 2.85. The molecule has 0 spiro atoms. The molecule has 0 amide bonds. The Hall–Kier alpha value is -1.09. The van der Waals surface area contributed by atoms with Gasteiger partial charge in [-0.2, -0.15) is 0 Å². The molecule has 1 aromatic rings. The van der Waals surface area contributed by atoms with Crippen molar-refractivity contribution < 1.29 is 4.39 Å². The molecule has 0 bridgehead atoms. The molecule has 0 saturated heterocycles. The first-order chi connectivity index (χ1) is 8.24. The zero-order chi connectivity index (χ0) is 12.7. The molecule has 0 aliphatic rings. The van der Waals surface area contributed by atoms with Gasteiger partial charge < -0.3 is 10.2 Å². The van der Waals surface area contributed by atoms with E-state index >= 15 is 0 Å². The van der Waals surface area contributed by atoms with Gasteiger partial charge in [0, 0.05) is 19.1 Å². The zero-order valence-electron chi connectivity index (χ0n) is 11.0. The van der Waals surface area contributed by atoms with Crippen molar-refractivity contribution >= 4 is 5.69 Å². The van der Waals surface area contributed by atoms with E-state index in [1.165, 1.54) is 6.07 Å². The number of rotatable bonds is 7. The minimum absolute atomic E-state index is 0.135. The smallest absolute Gasteiger partial charge is 0.146 e. The summed E-state index contributed by atoms with van der Waals surface area (Å²) in [5.41, 5.74) is 0.708. The van der Waals surface area contributed by atoms with Crippen LogP contribution in [0.5, 0.6) is 0 Å². The first-order valence-corrected chi connectivity index (χ1v) is 6.46. The predicted octanol–water partition coefficient (Wildman–Crippen LogP) is 3.04. The van der Waals surface area contributed by atoms with Gasteiger partial charge in [0.15, 0.2) is 0 Å². The van der Waals surface area contributed by atoms with Gasteiger partial charge in [-0.05, 0) is 32.0 Å². The van der Waals surface area contributed by atoms with E-state index in [1.807, 2.05) is 12.1 Å². The molecule has 96 valence electrons. The predicted molar refractivity (Wildman–Crippen MR) is 72.0 cm³/mol. The molecule has 0 aromatic heterocycles. The van der Waals surface area contributed by atoms with E-state index in [4.69, 9.17) is 0 Å². The largest absolute Gasteiger partial charge is 0.365 e. The average molecular weight is 238 g/mol. The first-order valence-electron chi connectivity index (χ1n) is 6.46. The van der Waals surface area contributed by atoms with Crippen molar-refractivity contribution in [3.63, 3.8) is 0 Å². The third-order valence-corrected chi connectivity index (χ3v) is 3.04. The second-order valence-electron chi connectivity index (χ2n) is 4.11. The van der Waals surface area contributed by atoms with E-state index < -0.39 is 0 Å². The number of likely N-dealkylation sites (N-methyl/N-ethyl adjacent to an activating group) is 2. The van der Waals surface area contributed by atoms with E-state index in [0.29, 0.717) is 11.7 Å². The van der Waals surface area contributed by atoms with Gasteiger partial charge in [-0.3, -0.25) is 0 Å². The molecule has 0 heterocycles. The van der Waals surface area contributed by atoms with Crippen LogP contribution in [0.3, 0.4) is 0 Å². The Morgan fingerprint density at radius 2 is 1.94 bits per heavy atom. The highest BCUT2D eigenvalue weighted by Crippen LogP contribution is 2.21. The van der Waals surface area contributed by atoms with Gasteiger partial charge in [0.05, 0.1) is 5.69 Å². The van der Waals surface area contributed by atoms with Crippen LogP contribution in [-0.4, -0.2) is 25.7 Å². The van der Waals surface area contributed by atoms with Gasteiger partial charge in [0.25, 0.3) is 0 Å². The van der Waals surface area contributed by atoms with Crippen molar-refractivity contribution in [1.29, 1.82) is 0 Å². The van der Waals surface area contributed by atoms with Crippen molar-refractivity contribution in [2.45, 2.75) is 33.2 Å². The Labute approximate surface area is 104 Å². The third kappa shape index (κ3) is 3.70. The molecule has 1 unspecified atom stereocenters. The SMILES string of the molecule is CCNCC(CC)N(CC)c1ccccc1F. The monoisotopic (exact) mass is 238 g/mol. The molecule has 0 fully saturated rings. The van der Waals surface area contributed by atoms with E-state index in [2.05, 4.69) is 31.0 Å². The maximum Gasteiger partial charge on any atom is 0.146 e. The maximum atomic E-state index is 13.8. The Morgan fingerprint density at radius 1 is 1.24 bits per heavy atom. The van der Waals surface area contributed by atoms with E-state index in [9.17, 15) is 4.39 Å². The minimum atomic E-state index is -0.135. The maximum absolute atomic E-state index is 13.8. The van der Waals surface area contributed by atoms with Crippen LogP contribution in [0.25, 0.3) is 0 Å². The molecule has 17 heavy (non-hydrogen) atoms. The molecule has 3 heteroatoms. The fourth-order valence-corrected chi connectivity index (χ4v) is 2.10. The molecule has 0 radical (unpaired) electrons. The number of halogens is 1. The van der Waals surface area contributed by atoms with Gasteiger partial charge in [0.2, 0.25) is 0 Å². The van der Waals surface area contributed by atoms with Crippen molar-refractivity contribution in [2.75, 3.05) is 24.5 Å². The van der Waals surface area contributed by atoms with Crippen LogP contribution in [0, 0.1) is 5.82 Å². The number of anilines is 1. The molecule has 1 N–H and O–H groups in total. The van der Waals surface area contributed by atoms with Crippen LogP contribution in [-0.2, 0) is 0 Å². The Bertz CT molecular complexity index is 328. The van der Waals surface area contributed by atoms with E-state index in [0.717, 1.165) is 26.1 Å². The van der Waals surface area contributed by atoms with E-state index in [-0.39, 0.29) is 5.82 Å². The molecular weight excluding hydrogens is 215 g/mol. The molecule has 0 aliphatic heterocycles. The molecule has 1 atom stereocenters. The number of para-hydroxylation sites is 1. The lowest BCUT2D eigenvalue weighted by molar-refractivity contribution is 0.521. The average Bonchev–Trinajstić information content (AvgIpc) is 2.36. The summed E-state index contributed by atoms with van der Waals surface area (Å²) in [5.74, 6) is -0.135. The standard InChI is InChI=1S/C14H23FN2/c1-4-12(11-16-5-2)17(6-3)14-10-8-7-9-13(14)15/h7-10,12,16H,4-6,11H2,1-3H3. The minimum Gasteiger partial charge on any atom is -0.365 e. The summed E-state index contributed by atoms with van der Waals surface area (Å²) in [4.78, 5) is 2.14. The summed E-state index contributed by atoms with van der Waals surface area (Å²) >= 11 is 0. The number of hydrogen-bond donors (Lipinski definition) is 1. The van der Waals surface area contributed by atoms with Crippen molar-refractivity contribution in [3.05, 3.63) is 30.1 Å². The number of nitrogens with one attached hydrogen (secondary N) is 1. The summed E-state index contributed by atoms with van der Waals surface area (Å²) in [6.45, 7) is 8.98. The highest BCUT2D eigenvalue weighted by molar-refractivity contribution is 5.48. The lowest BCUT2D eigenvalue weighted by Crippen LogP contribution is -2.42. The van der Waals surface area contributed by atoms with Gasteiger partial charge in [-0.25, -0.2) is 4.39 Å². The fraction of sp³-hybridized carbons (Fsp3) is 0.571. The lowest BCUT2D eigenvalue weighted by atomic mass is 10.1. The summed E-state index contributed by atoms with van der Waals surface area (Å²) in [6.07, 6.45) is 1.01. The molecule has 0 aliphatic carbocycles. The highest BCUT2D eigenvalue weighted by atomic mass is 19.1. The first kappa shape index (κ1) is 14.0. The van der Waals surface area contributed by atoms with Gasteiger partial charge >= 0.3 is 0 Å². The van der Waals surface area contributed by atoms with Crippen LogP contribution in [0.15, 0.2) is 24.3 Å². The second kappa shape index (κ2) is 7.28. The molecule has 1 aromatic carbocycles. The number of hydrogen-bond acceptors (Lipinski definition) is 2. The van der Waals surface area contributed by atoms with Crippen molar-refractivity contribution in [2.24, 2.45) is 0 Å². The van der Waals surface area contributed by atoms with Gasteiger partial charge in [-0.15, -0.1) is 0 Å². The third-order valence-electron chi connectivity index (χ3n) is 3.04. The molecule has 0 saturated carbocycles. The molecule has 2 nitrogen and oxygen atoms in total. The van der Waals surface area contributed by atoms with Crippen molar-refractivity contribution in [3.8, 4) is 0 Å². The fourth-order valence-electron chi connectivity index (χ4n) is 2.10. The van der Waals surface area contributed by atoms with E-state index in [1.54, 1.807) is 6.07 Å². The van der Waals surface area contributed by atoms with Crippen LogP contribution >= 0.6 is 0 Å². The number of nitrogens with zero attached hydrogens (tertiary/aromatic N) is 1. The summed E-state index contributed by atoms with van der Waals surface area (Å²) in [7, 11) is 0. The summed E-state index contributed by atoms with van der Waals surface area (Å²) < 4.78 is 13.8. The van der Waals surface area contributed by atoms with Gasteiger partial charge in [-0.1, -0.05) is 26.0 Å².